The number of nitrogens with two attached hydrogens (primary N) is 1. The van der Waals surface area contributed by atoms with E-state index in [2.05, 4.69) is 5.32 Å². The van der Waals surface area contributed by atoms with E-state index >= 15 is 0 Å². The highest BCUT2D eigenvalue weighted by Crippen LogP contribution is 2.32. The second-order valence-corrected chi connectivity index (χ2v) is 4.78. The summed E-state index contributed by atoms with van der Waals surface area (Å²) in [6.07, 6.45) is 0. The Morgan fingerprint density at radius 3 is 2.75 bits per heavy atom. The van der Waals surface area contributed by atoms with Gasteiger partial charge in [-0.05, 0) is 36.8 Å². The second kappa shape index (κ2) is 5.84. The Morgan fingerprint density at radius 1 is 1.30 bits per heavy atom. The van der Waals surface area contributed by atoms with Gasteiger partial charge in [0.15, 0.2) is 0 Å². The number of carbonyl (C=O) groups excluding carboxylic acids is 1. The van der Waals surface area contributed by atoms with Crippen LogP contribution in [-0.4, -0.2) is 13.1 Å². The fraction of sp³-hybridized carbons (Fsp3) is 0.133. The summed E-state index contributed by atoms with van der Waals surface area (Å²) in [4.78, 5) is 11.8. The van der Waals surface area contributed by atoms with E-state index in [0.29, 0.717) is 27.6 Å². The van der Waals surface area contributed by atoms with Gasteiger partial charge in [-0.25, -0.2) is 4.79 Å². The van der Waals surface area contributed by atoms with Crippen molar-refractivity contribution < 1.29 is 9.53 Å². The van der Waals surface area contributed by atoms with Crippen molar-refractivity contribution in [2.24, 2.45) is 0 Å². The van der Waals surface area contributed by atoms with Crippen LogP contribution in [0.2, 0.25) is 5.02 Å². The topological polar surface area (TPSA) is 64.3 Å². The maximum atomic E-state index is 11.8. The van der Waals surface area contributed by atoms with E-state index in [-0.39, 0.29) is 0 Å². The summed E-state index contributed by atoms with van der Waals surface area (Å²) in [5.74, 6) is -0.455. The first-order chi connectivity index (χ1) is 9.52. The molecule has 0 saturated carbocycles. The van der Waals surface area contributed by atoms with Crippen LogP contribution < -0.4 is 11.1 Å². The molecule has 104 valence electrons. The molecule has 5 heteroatoms. The van der Waals surface area contributed by atoms with Gasteiger partial charge in [0, 0.05) is 0 Å². The van der Waals surface area contributed by atoms with Crippen molar-refractivity contribution in [1.29, 1.82) is 0 Å². The monoisotopic (exact) mass is 290 g/mol. The van der Waals surface area contributed by atoms with Gasteiger partial charge in [-0.1, -0.05) is 23.7 Å². The van der Waals surface area contributed by atoms with E-state index in [4.69, 9.17) is 22.1 Å². The number of nitrogens with one attached hydrogen (secondary N) is 1. The lowest BCUT2D eigenvalue weighted by Crippen LogP contribution is -2.08. The largest absolute Gasteiger partial charge is 0.465 e. The average molecular weight is 291 g/mol. The molecule has 0 spiro atoms. The van der Waals surface area contributed by atoms with Crippen molar-refractivity contribution in [3.05, 3.63) is 52.5 Å². The summed E-state index contributed by atoms with van der Waals surface area (Å²) >= 11 is 6.14. The second-order valence-electron chi connectivity index (χ2n) is 4.37. The van der Waals surface area contributed by atoms with Crippen molar-refractivity contribution in [2.75, 3.05) is 18.2 Å². The van der Waals surface area contributed by atoms with E-state index in [1.54, 1.807) is 24.3 Å². The molecule has 2 aromatic carbocycles. The van der Waals surface area contributed by atoms with Crippen molar-refractivity contribution in [3.63, 3.8) is 0 Å². The van der Waals surface area contributed by atoms with Gasteiger partial charge in [0.2, 0.25) is 0 Å². The number of halogens is 1. The normalized spacial score (nSPS) is 10.2. The molecule has 0 atom stereocenters. The summed E-state index contributed by atoms with van der Waals surface area (Å²) in [6.45, 7) is 1.96. The maximum absolute atomic E-state index is 11.8. The minimum Gasteiger partial charge on any atom is -0.465 e. The lowest BCUT2D eigenvalue weighted by molar-refractivity contribution is 0.0602. The van der Waals surface area contributed by atoms with Gasteiger partial charge < -0.3 is 15.8 Å². The summed E-state index contributed by atoms with van der Waals surface area (Å²) in [7, 11) is 1.33. The predicted molar refractivity (Wildman–Crippen MR) is 81.7 cm³/mol. The number of methoxy groups -OCH3 is 1. The van der Waals surface area contributed by atoms with Gasteiger partial charge in [-0.3, -0.25) is 0 Å². The van der Waals surface area contributed by atoms with Crippen LogP contribution in [0.25, 0.3) is 0 Å². The number of para-hydroxylation sites is 1. The fourth-order valence-electron chi connectivity index (χ4n) is 1.86. The molecule has 0 aliphatic heterocycles. The van der Waals surface area contributed by atoms with Gasteiger partial charge in [-0.15, -0.1) is 0 Å². The van der Waals surface area contributed by atoms with Crippen molar-refractivity contribution in [1.82, 2.24) is 0 Å². The van der Waals surface area contributed by atoms with Crippen molar-refractivity contribution in [3.8, 4) is 0 Å². The smallest absolute Gasteiger partial charge is 0.340 e. The number of ether oxygens (including phenoxy) is 1. The number of aryl methyl sites for hydroxylation is 1. The molecule has 0 radical (unpaired) electrons. The Kier molecular flexibility index (Phi) is 4.15. The Labute approximate surface area is 122 Å². The molecule has 0 saturated heterocycles. The van der Waals surface area contributed by atoms with Crippen LogP contribution in [0, 0.1) is 6.92 Å². The molecule has 0 heterocycles. The molecule has 4 nitrogen and oxygen atoms in total. The Hall–Kier alpha value is -2.20. The maximum Gasteiger partial charge on any atom is 0.340 e. The first-order valence-corrected chi connectivity index (χ1v) is 6.40. The fourth-order valence-corrected chi connectivity index (χ4v) is 2.02. The molecular weight excluding hydrogens is 276 g/mol. The number of rotatable bonds is 3. The van der Waals surface area contributed by atoms with Crippen molar-refractivity contribution >= 4 is 34.6 Å². The van der Waals surface area contributed by atoms with Gasteiger partial charge in [0.25, 0.3) is 0 Å². The summed E-state index contributed by atoms with van der Waals surface area (Å²) < 4.78 is 4.76. The van der Waals surface area contributed by atoms with Gasteiger partial charge >= 0.3 is 5.97 Å². The molecule has 0 unspecified atom stereocenters. The predicted octanol–water partition coefficient (Wildman–Crippen LogP) is 3.76. The summed E-state index contributed by atoms with van der Waals surface area (Å²) in [6, 6.07) is 10.6. The van der Waals surface area contributed by atoms with Crippen LogP contribution >= 0.6 is 11.6 Å². The highest BCUT2D eigenvalue weighted by molar-refractivity contribution is 6.33. The minimum atomic E-state index is -0.455. The van der Waals surface area contributed by atoms with Gasteiger partial charge in [-0.2, -0.15) is 0 Å². The molecule has 0 aliphatic carbocycles. The molecule has 0 fully saturated rings. The lowest BCUT2D eigenvalue weighted by Gasteiger charge is -2.14. The van der Waals surface area contributed by atoms with E-state index in [9.17, 15) is 4.79 Å². The number of nitrogen functional groups attached to an aromatic ring is 1. The lowest BCUT2D eigenvalue weighted by atomic mass is 10.1. The molecule has 0 amide bonds. The highest BCUT2D eigenvalue weighted by Gasteiger charge is 2.15. The molecule has 0 bridgehead atoms. The molecular formula is C15H15ClN2O2. The third-order valence-electron chi connectivity index (χ3n) is 2.88. The SMILES string of the molecule is COC(=O)c1cccc(N)c1Nc1cc(C)ccc1Cl. The van der Waals surface area contributed by atoms with Gasteiger partial charge in [0.05, 0.1) is 34.8 Å². The Balaban J connectivity index is 2.47. The zero-order valence-electron chi connectivity index (χ0n) is 11.2. The van der Waals surface area contributed by atoms with E-state index < -0.39 is 5.97 Å². The van der Waals surface area contributed by atoms with Crippen LogP contribution in [-0.2, 0) is 4.74 Å². The van der Waals surface area contributed by atoms with Crippen LogP contribution in [0.5, 0.6) is 0 Å². The Morgan fingerprint density at radius 2 is 2.05 bits per heavy atom. The van der Waals surface area contributed by atoms with Crippen LogP contribution in [0.3, 0.4) is 0 Å². The third kappa shape index (κ3) is 2.86. The number of esters is 1. The quantitative estimate of drug-likeness (QED) is 0.667. The first kappa shape index (κ1) is 14.2. The number of hydrogen-bond donors (Lipinski definition) is 2. The molecule has 3 N–H and O–H groups in total. The van der Waals surface area contributed by atoms with Crippen LogP contribution in [0.15, 0.2) is 36.4 Å². The summed E-state index contributed by atoms with van der Waals surface area (Å²) in [5, 5.41) is 3.66. The molecule has 2 rings (SSSR count). The molecule has 0 aliphatic rings. The van der Waals surface area contributed by atoms with Crippen molar-refractivity contribution in [2.45, 2.75) is 6.92 Å². The zero-order chi connectivity index (χ0) is 14.7. The first-order valence-electron chi connectivity index (χ1n) is 6.03. The number of hydrogen-bond acceptors (Lipinski definition) is 4. The van der Waals surface area contributed by atoms with Gasteiger partial charge in [0.1, 0.15) is 0 Å². The van der Waals surface area contributed by atoms with Crippen LogP contribution in [0.1, 0.15) is 15.9 Å². The van der Waals surface area contributed by atoms with Crippen LogP contribution in [0.4, 0.5) is 17.1 Å². The minimum absolute atomic E-state index is 0.366. The number of benzene rings is 2. The molecule has 20 heavy (non-hydrogen) atoms. The number of anilines is 3. The average Bonchev–Trinajstić information content (AvgIpc) is 2.44. The number of carbonyl (C=O) groups is 1. The zero-order valence-corrected chi connectivity index (χ0v) is 12.0. The van der Waals surface area contributed by atoms with E-state index in [1.807, 2.05) is 19.1 Å². The third-order valence-corrected chi connectivity index (χ3v) is 3.21. The Bertz CT molecular complexity index is 656. The molecule has 0 aromatic heterocycles. The standard InChI is InChI=1S/C15H15ClN2O2/c1-9-6-7-11(16)13(8-9)18-14-10(15(19)20-2)4-3-5-12(14)17/h3-8,18H,17H2,1-2H3. The summed E-state index contributed by atoms with van der Waals surface area (Å²) in [5.41, 5.74) is 8.98. The highest BCUT2D eigenvalue weighted by atomic mass is 35.5. The van der Waals surface area contributed by atoms with E-state index in [1.165, 1.54) is 7.11 Å². The van der Waals surface area contributed by atoms with E-state index in [0.717, 1.165) is 5.56 Å². The molecule has 2 aromatic rings.